The van der Waals surface area contributed by atoms with Crippen LogP contribution in [0.2, 0.25) is 0 Å². The summed E-state index contributed by atoms with van der Waals surface area (Å²) >= 11 is 0. The summed E-state index contributed by atoms with van der Waals surface area (Å²) in [7, 11) is 0. The first-order valence-electron chi connectivity index (χ1n) is 8.01. The standard InChI is InChI=1S/C17H26N2O/c1-11-13(19-20-14(11)18)7-17-6-12-4-15(2,9-17)8-16(3,5-12)10-17/h12H,4-10,18H2,1-3H3. The van der Waals surface area contributed by atoms with Crippen LogP contribution in [0.1, 0.15) is 63.6 Å². The fourth-order valence-corrected chi connectivity index (χ4v) is 6.78. The third-order valence-electron chi connectivity index (χ3n) is 6.34. The van der Waals surface area contributed by atoms with Gasteiger partial charge in [0.15, 0.2) is 0 Å². The molecule has 2 N–H and O–H groups in total. The Morgan fingerprint density at radius 2 is 1.80 bits per heavy atom. The predicted octanol–water partition coefficient (Wildman–Crippen LogP) is 4.10. The van der Waals surface area contributed by atoms with Gasteiger partial charge in [0.25, 0.3) is 0 Å². The Labute approximate surface area is 121 Å². The highest BCUT2D eigenvalue weighted by Crippen LogP contribution is 2.70. The summed E-state index contributed by atoms with van der Waals surface area (Å²) in [5, 5.41) is 4.24. The van der Waals surface area contributed by atoms with Crippen molar-refractivity contribution in [2.24, 2.45) is 22.2 Å². The lowest BCUT2D eigenvalue weighted by atomic mass is 9.39. The van der Waals surface area contributed by atoms with E-state index >= 15 is 0 Å². The maximum Gasteiger partial charge on any atom is 0.225 e. The molecule has 20 heavy (non-hydrogen) atoms. The van der Waals surface area contributed by atoms with E-state index in [1.807, 2.05) is 6.92 Å². The van der Waals surface area contributed by atoms with E-state index in [0.29, 0.717) is 22.1 Å². The second-order valence-electron chi connectivity index (χ2n) is 8.93. The van der Waals surface area contributed by atoms with E-state index in [9.17, 15) is 0 Å². The van der Waals surface area contributed by atoms with Crippen molar-refractivity contribution in [3.8, 4) is 0 Å². The van der Waals surface area contributed by atoms with Crippen molar-refractivity contribution in [1.29, 1.82) is 0 Å². The zero-order valence-electron chi connectivity index (χ0n) is 13.0. The van der Waals surface area contributed by atoms with Crippen molar-refractivity contribution >= 4 is 5.88 Å². The van der Waals surface area contributed by atoms with Crippen LogP contribution in [0.15, 0.2) is 4.52 Å². The molecule has 0 aromatic carbocycles. The van der Waals surface area contributed by atoms with Crippen LogP contribution in [0.5, 0.6) is 0 Å². The Kier molecular flexibility index (Phi) is 2.30. The third kappa shape index (κ3) is 1.74. The maximum absolute atomic E-state index is 5.83. The van der Waals surface area contributed by atoms with E-state index < -0.39 is 0 Å². The van der Waals surface area contributed by atoms with Gasteiger partial charge in [0.1, 0.15) is 0 Å². The summed E-state index contributed by atoms with van der Waals surface area (Å²) in [6.45, 7) is 7.09. The molecule has 2 atom stereocenters. The molecule has 2 unspecified atom stereocenters. The number of hydrogen-bond acceptors (Lipinski definition) is 3. The van der Waals surface area contributed by atoms with Crippen molar-refractivity contribution in [2.75, 3.05) is 5.73 Å². The lowest BCUT2D eigenvalue weighted by molar-refractivity contribution is -0.144. The van der Waals surface area contributed by atoms with Gasteiger partial charge in [-0.3, -0.25) is 0 Å². The average molecular weight is 274 g/mol. The average Bonchev–Trinajstić information content (AvgIpc) is 2.55. The number of nitrogens with two attached hydrogens (primary N) is 1. The number of hydrogen-bond donors (Lipinski definition) is 1. The van der Waals surface area contributed by atoms with Crippen molar-refractivity contribution in [2.45, 2.75) is 65.7 Å². The molecule has 1 aromatic heterocycles. The molecule has 0 radical (unpaired) electrons. The van der Waals surface area contributed by atoms with Crippen molar-refractivity contribution < 1.29 is 4.52 Å². The number of nitrogen functional groups attached to an aromatic ring is 1. The van der Waals surface area contributed by atoms with E-state index in [0.717, 1.165) is 23.6 Å². The number of aromatic nitrogens is 1. The van der Waals surface area contributed by atoms with Crippen LogP contribution < -0.4 is 5.73 Å². The number of anilines is 1. The summed E-state index contributed by atoms with van der Waals surface area (Å²) in [6.07, 6.45) is 9.54. The summed E-state index contributed by atoms with van der Waals surface area (Å²) < 4.78 is 5.19. The van der Waals surface area contributed by atoms with E-state index in [1.165, 1.54) is 38.5 Å². The number of rotatable bonds is 2. The van der Waals surface area contributed by atoms with E-state index in [1.54, 1.807) is 0 Å². The van der Waals surface area contributed by atoms with Gasteiger partial charge in [0, 0.05) is 5.56 Å². The monoisotopic (exact) mass is 274 g/mol. The van der Waals surface area contributed by atoms with Crippen molar-refractivity contribution in [3.63, 3.8) is 0 Å². The summed E-state index contributed by atoms with van der Waals surface area (Å²) in [6, 6.07) is 0. The molecule has 4 bridgehead atoms. The minimum absolute atomic E-state index is 0.455. The molecule has 0 saturated heterocycles. The summed E-state index contributed by atoms with van der Waals surface area (Å²) in [5.74, 6) is 1.44. The Bertz CT molecular complexity index is 543. The van der Waals surface area contributed by atoms with E-state index in [-0.39, 0.29) is 0 Å². The topological polar surface area (TPSA) is 52.0 Å². The molecular weight excluding hydrogens is 248 g/mol. The summed E-state index contributed by atoms with van der Waals surface area (Å²) in [4.78, 5) is 0. The lowest BCUT2D eigenvalue weighted by Gasteiger charge is -2.65. The number of nitrogens with zero attached hydrogens (tertiary/aromatic N) is 1. The van der Waals surface area contributed by atoms with Gasteiger partial charge in [-0.1, -0.05) is 19.0 Å². The second kappa shape index (κ2) is 3.61. The van der Waals surface area contributed by atoms with Crippen LogP contribution in [-0.2, 0) is 6.42 Å². The van der Waals surface area contributed by atoms with Gasteiger partial charge < -0.3 is 10.3 Å². The fraction of sp³-hybridized carbons (Fsp3) is 0.824. The second-order valence-corrected chi connectivity index (χ2v) is 8.93. The molecule has 110 valence electrons. The Morgan fingerprint density at radius 1 is 1.15 bits per heavy atom. The quantitative estimate of drug-likeness (QED) is 0.883. The molecule has 1 aromatic rings. The molecule has 4 aliphatic rings. The third-order valence-corrected chi connectivity index (χ3v) is 6.34. The van der Waals surface area contributed by atoms with Crippen LogP contribution >= 0.6 is 0 Å². The van der Waals surface area contributed by atoms with Gasteiger partial charge in [-0.25, -0.2) is 0 Å². The van der Waals surface area contributed by atoms with Gasteiger partial charge in [0.05, 0.1) is 5.69 Å². The zero-order chi connectivity index (χ0) is 14.2. The molecule has 1 heterocycles. The van der Waals surface area contributed by atoms with Crippen LogP contribution in [-0.4, -0.2) is 5.16 Å². The van der Waals surface area contributed by atoms with Crippen LogP contribution in [0.3, 0.4) is 0 Å². The zero-order valence-corrected chi connectivity index (χ0v) is 13.0. The van der Waals surface area contributed by atoms with Gasteiger partial charge >= 0.3 is 0 Å². The normalized spacial score (nSPS) is 46.0. The van der Waals surface area contributed by atoms with Crippen LogP contribution in [0, 0.1) is 29.1 Å². The van der Waals surface area contributed by atoms with Crippen molar-refractivity contribution in [1.82, 2.24) is 5.16 Å². The van der Waals surface area contributed by atoms with Crippen molar-refractivity contribution in [3.05, 3.63) is 11.3 Å². The predicted molar refractivity (Wildman–Crippen MR) is 79.2 cm³/mol. The molecule has 3 heteroatoms. The minimum Gasteiger partial charge on any atom is -0.367 e. The smallest absolute Gasteiger partial charge is 0.225 e. The molecule has 0 spiro atoms. The highest BCUT2D eigenvalue weighted by molar-refractivity contribution is 5.38. The SMILES string of the molecule is Cc1c(CC23CC4CC(C)(CC(C)(C4)C2)C3)noc1N. The van der Waals surface area contributed by atoms with Gasteiger partial charge in [-0.15, -0.1) is 0 Å². The lowest BCUT2D eigenvalue weighted by Crippen LogP contribution is -2.55. The van der Waals surface area contributed by atoms with E-state index in [4.69, 9.17) is 10.3 Å². The summed E-state index contributed by atoms with van der Waals surface area (Å²) in [5.41, 5.74) is 9.59. The molecule has 4 aliphatic carbocycles. The Morgan fingerprint density at radius 3 is 2.30 bits per heavy atom. The first kappa shape index (κ1) is 12.7. The van der Waals surface area contributed by atoms with Gasteiger partial charge in [-0.05, 0) is 74.0 Å². The van der Waals surface area contributed by atoms with Gasteiger partial charge in [-0.2, -0.15) is 0 Å². The highest BCUT2D eigenvalue weighted by atomic mass is 16.5. The van der Waals surface area contributed by atoms with Crippen LogP contribution in [0.4, 0.5) is 5.88 Å². The minimum atomic E-state index is 0.455. The first-order chi connectivity index (χ1) is 9.31. The van der Waals surface area contributed by atoms with E-state index in [2.05, 4.69) is 19.0 Å². The molecule has 0 amide bonds. The Hall–Kier alpha value is -0.990. The maximum atomic E-state index is 5.83. The van der Waals surface area contributed by atoms with Crippen LogP contribution in [0.25, 0.3) is 0 Å². The highest BCUT2D eigenvalue weighted by Gasteiger charge is 2.60. The molecular formula is C17H26N2O. The molecule has 5 rings (SSSR count). The largest absolute Gasteiger partial charge is 0.367 e. The fourth-order valence-electron chi connectivity index (χ4n) is 6.78. The first-order valence-corrected chi connectivity index (χ1v) is 8.01. The molecule has 4 saturated carbocycles. The Balaban J connectivity index is 1.69. The molecule has 3 nitrogen and oxygen atoms in total. The molecule has 4 fully saturated rings. The van der Waals surface area contributed by atoms with Gasteiger partial charge in [0.2, 0.25) is 5.88 Å². The molecule has 0 aliphatic heterocycles.